The number of rotatable bonds is 7. The molecule has 1 aliphatic rings. The summed E-state index contributed by atoms with van der Waals surface area (Å²) in [6.07, 6.45) is -0.801. The highest BCUT2D eigenvalue weighted by molar-refractivity contribution is 5.93. The Morgan fingerprint density at radius 3 is 2.43 bits per heavy atom. The van der Waals surface area contributed by atoms with E-state index in [4.69, 9.17) is 0 Å². The number of nitrogens with one attached hydrogen (secondary N) is 1. The van der Waals surface area contributed by atoms with Crippen molar-refractivity contribution in [1.82, 2.24) is 24.5 Å². The number of anilines is 1. The van der Waals surface area contributed by atoms with Crippen molar-refractivity contribution in [1.29, 1.82) is 0 Å². The number of hydrogen-bond acceptors (Lipinski definition) is 4. The summed E-state index contributed by atoms with van der Waals surface area (Å²) in [6.45, 7) is 5.53. The maximum Gasteiger partial charge on any atom is 0.264 e. The molecule has 3 heterocycles. The number of halogens is 3. The summed E-state index contributed by atoms with van der Waals surface area (Å²) < 4.78 is 43.9. The van der Waals surface area contributed by atoms with Gasteiger partial charge in [-0.3, -0.25) is 9.48 Å². The number of hydrogen-bond donors (Lipinski definition) is 1. The highest BCUT2D eigenvalue weighted by atomic mass is 19.3. The second-order valence-corrected chi connectivity index (χ2v) is 9.03. The van der Waals surface area contributed by atoms with Gasteiger partial charge in [0.1, 0.15) is 12.4 Å². The van der Waals surface area contributed by atoms with Crippen LogP contribution in [-0.4, -0.2) is 30.5 Å². The number of amides is 1. The van der Waals surface area contributed by atoms with Crippen molar-refractivity contribution in [2.75, 3.05) is 5.32 Å². The molecule has 5 rings (SSSR count). The van der Waals surface area contributed by atoms with Gasteiger partial charge in [0, 0.05) is 17.2 Å². The Kier molecular flexibility index (Phi) is 5.82. The van der Waals surface area contributed by atoms with E-state index in [2.05, 4.69) is 20.5 Å². The second kappa shape index (κ2) is 8.83. The molecule has 1 saturated carbocycles. The molecule has 1 fully saturated rings. The van der Waals surface area contributed by atoms with Gasteiger partial charge in [0.25, 0.3) is 6.43 Å². The normalized spacial score (nSPS) is 13.7. The highest BCUT2D eigenvalue weighted by Gasteiger charge is 2.29. The largest absolute Gasteiger partial charge is 0.321 e. The molecule has 0 radical (unpaired) electrons. The van der Waals surface area contributed by atoms with Crippen LogP contribution >= 0.6 is 0 Å². The van der Waals surface area contributed by atoms with Gasteiger partial charge in [0.2, 0.25) is 5.91 Å². The Balaban J connectivity index is 1.39. The average molecular weight is 483 g/mol. The van der Waals surface area contributed by atoms with Crippen LogP contribution in [0, 0.1) is 26.6 Å². The number of carbonyl (C=O) groups is 1. The lowest BCUT2D eigenvalue weighted by Gasteiger charge is -2.09. The molecular weight excluding hydrogens is 457 g/mol. The molecule has 0 atom stereocenters. The number of benzene rings is 1. The molecule has 1 aromatic carbocycles. The van der Waals surface area contributed by atoms with Crippen LogP contribution in [0.4, 0.5) is 18.9 Å². The van der Waals surface area contributed by atoms with Crippen molar-refractivity contribution in [2.24, 2.45) is 0 Å². The highest BCUT2D eigenvalue weighted by Crippen LogP contribution is 2.42. The Morgan fingerprint density at radius 2 is 1.77 bits per heavy atom. The SMILES string of the molecule is Cc1nn(Cc2ccc(F)cc2)c(C)c1NC(=O)Cn1nc(C)c2c(C(F)F)cc(C3CC3)nc21. The van der Waals surface area contributed by atoms with Gasteiger partial charge in [0.05, 0.1) is 34.7 Å². The lowest BCUT2D eigenvalue weighted by molar-refractivity contribution is -0.116. The number of carbonyl (C=O) groups excluding carboxylic acids is 1. The van der Waals surface area contributed by atoms with Crippen molar-refractivity contribution in [3.8, 4) is 0 Å². The van der Waals surface area contributed by atoms with Gasteiger partial charge < -0.3 is 5.32 Å². The second-order valence-electron chi connectivity index (χ2n) is 9.03. The maximum absolute atomic E-state index is 13.8. The fraction of sp³-hybridized carbons (Fsp3) is 0.360. The molecule has 1 N–H and O–H groups in total. The maximum atomic E-state index is 13.8. The smallest absolute Gasteiger partial charge is 0.264 e. The van der Waals surface area contributed by atoms with E-state index in [1.165, 1.54) is 22.9 Å². The minimum atomic E-state index is -2.65. The number of aryl methyl sites for hydroxylation is 2. The quantitative estimate of drug-likeness (QED) is 0.393. The number of aromatic nitrogens is 5. The molecule has 7 nitrogen and oxygen atoms in total. The summed E-state index contributed by atoms with van der Waals surface area (Å²) in [6, 6.07) is 7.63. The molecule has 0 spiro atoms. The van der Waals surface area contributed by atoms with E-state index in [0.717, 1.165) is 24.1 Å². The Bertz CT molecular complexity index is 1420. The van der Waals surface area contributed by atoms with Crippen LogP contribution in [0.25, 0.3) is 11.0 Å². The summed E-state index contributed by atoms with van der Waals surface area (Å²) in [5, 5.41) is 12.0. The van der Waals surface area contributed by atoms with E-state index in [1.54, 1.807) is 30.7 Å². The first-order chi connectivity index (χ1) is 16.7. The number of fused-ring (bicyclic) bond motifs is 1. The van der Waals surface area contributed by atoms with Crippen molar-refractivity contribution >= 4 is 22.6 Å². The molecule has 0 bridgehead atoms. The summed E-state index contributed by atoms with van der Waals surface area (Å²) in [7, 11) is 0. The van der Waals surface area contributed by atoms with Crippen LogP contribution < -0.4 is 5.32 Å². The lowest BCUT2D eigenvalue weighted by Crippen LogP contribution is -2.20. The third kappa shape index (κ3) is 4.52. The van der Waals surface area contributed by atoms with Crippen molar-refractivity contribution in [2.45, 2.75) is 59.0 Å². The van der Waals surface area contributed by atoms with Crippen molar-refractivity contribution < 1.29 is 18.0 Å². The summed E-state index contributed by atoms with van der Waals surface area (Å²) in [5.41, 5.74) is 4.09. The van der Waals surface area contributed by atoms with Crippen LogP contribution in [0.5, 0.6) is 0 Å². The Morgan fingerprint density at radius 1 is 1.09 bits per heavy atom. The van der Waals surface area contributed by atoms with Crippen LogP contribution in [-0.2, 0) is 17.9 Å². The zero-order valence-electron chi connectivity index (χ0n) is 19.6. The standard InChI is InChI=1S/C25H25F3N6O/c1-13-22-19(24(27)28)10-20(17-6-7-17)29-25(22)34(31-13)12-21(35)30-23-14(2)32-33(15(23)3)11-16-4-8-18(26)9-5-16/h4-5,8-10,17,24H,6-7,11-12H2,1-3H3,(H,30,35). The molecule has 0 aliphatic heterocycles. The van der Waals surface area contributed by atoms with Crippen LogP contribution in [0.3, 0.4) is 0 Å². The van der Waals surface area contributed by atoms with E-state index in [0.29, 0.717) is 40.3 Å². The van der Waals surface area contributed by atoms with E-state index >= 15 is 0 Å². The van der Waals surface area contributed by atoms with Gasteiger partial charge in [-0.2, -0.15) is 10.2 Å². The topological polar surface area (TPSA) is 77.6 Å². The molecule has 1 amide bonds. The first-order valence-electron chi connectivity index (χ1n) is 11.5. The fourth-order valence-corrected chi connectivity index (χ4v) is 4.39. The average Bonchev–Trinajstić information content (AvgIpc) is 3.58. The molecule has 4 aromatic rings. The summed E-state index contributed by atoms with van der Waals surface area (Å²) in [5.74, 6) is -0.485. The molecular formula is C25H25F3N6O. The first kappa shape index (κ1) is 23.1. The van der Waals surface area contributed by atoms with E-state index in [9.17, 15) is 18.0 Å². The van der Waals surface area contributed by atoms with Crippen molar-refractivity contribution in [3.05, 3.63) is 70.1 Å². The third-order valence-corrected chi connectivity index (χ3v) is 6.34. The number of nitrogens with zero attached hydrogens (tertiary/aromatic N) is 5. The van der Waals surface area contributed by atoms with E-state index < -0.39 is 6.43 Å². The lowest BCUT2D eigenvalue weighted by atomic mass is 10.1. The summed E-state index contributed by atoms with van der Waals surface area (Å²) >= 11 is 0. The number of alkyl halides is 2. The van der Waals surface area contributed by atoms with Crippen LogP contribution in [0.15, 0.2) is 30.3 Å². The molecule has 0 unspecified atom stereocenters. The minimum absolute atomic E-state index is 0.0881. The van der Waals surface area contributed by atoms with Crippen molar-refractivity contribution in [3.63, 3.8) is 0 Å². The molecule has 35 heavy (non-hydrogen) atoms. The monoisotopic (exact) mass is 482 g/mol. The van der Waals surface area contributed by atoms with E-state index in [1.807, 2.05) is 6.92 Å². The van der Waals surface area contributed by atoms with Gasteiger partial charge in [-0.1, -0.05) is 12.1 Å². The van der Waals surface area contributed by atoms with Gasteiger partial charge in [-0.25, -0.2) is 22.8 Å². The summed E-state index contributed by atoms with van der Waals surface area (Å²) in [4.78, 5) is 17.6. The predicted octanol–water partition coefficient (Wildman–Crippen LogP) is 5.19. The van der Waals surface area contributed by atoms with Gasteiger partial charge in [-0.05, 0) is 57.4 Å². The zero-order valence-corrected chi connectivity index (χ0v) is 19.6. The molecule has 0 saturated heterocycles. The molecule has 1 aliphatic carbocycles. The van der Waals surface area contributed by atoms with Crippen LogP contribution in [0.2, 0.25) is 0 Å². The minimum Gasteiger partial charge on any atom is -0.321 e. The van der Waals surface area contributed by atoms with Gasteiger partial charge in [0.15, 0.2) is 5.65 Å². The van der Waals surface area contributed by atoms with Gasteiger partial charge in [-0.15, -0.1) is 0 Å². The molecule has 3 aromatic heterocycles. The van der Waals surface area contributed by atoms with E-state index in [-0.39, 0.29) is 29.8 Å². The fourth-order valence-electron chi connectivity index (χ4n) is 4.39. The predicted molar refractivity (Wildman–Crippen MR) is 125 cm³/mol. The molecule has 10 heteroatoms. The Hall–Kier alpha value is -3.69. The zero-order chi connectivity index (χ0) is 24.9. The first-order valence-corrected chi connectivity index (χ1v) is 11.5. The van der Waals surface area contributed by atoms with Crippen LogP contribution in [0.1, 0.15) is 59.1 Å². The number of pyridine rings is 1. The third-order valence-electron chi connectivity index (χ3n) is 6.34. The Labute approximate surface area is 200 Å². The van der Waals surface area contributed by atoms with Gasteiger partial charge >= 0.3 is 0 Å². The molecule has 182 valence electrons.